The molecule has 0 aliphatic heterocycles. The Hall–Kier alpha value is -0.810. The fourth-order valence-electron chi connectivity index (χ4n) is 1.70. The van der Waals surface area contributed by atoms with E-state index in [0.717, 1.165) is 14.8 Å². The van der Waals surface area contributed by atoms with E-state index in [1.54, 1.807) is 12.1 Å². The lowest BCUT2D eigenvalue weighted by atomic mass is 10.1. The molecule has 94 valence electrons. The van der Waals surface area contributed by atoms with Crippen LogP contribution < -0.4 is 5.32 Å². The average Bonchev–Trinajstić information content (AvgIpc) is 2.32. The van der Waals surface area contributed by atoms with Crippen LogP contribution in [-0.2, 0) is 0 Å². The fraction of sp³-hybridized carbons (Fsp3) is 0.143. The third-order valence-electron chi connectivity index (χ3n) is 2.65. The fourth-order valence-corrected chi connectivity index (χ4v) is 2.73. The van der Waals surface area contributed by atoms with Crippen molar-refractivity contribution in [1.29, 1.82) is 0 Å². The van der Waals surface area contributed by atoms with Gasteiger partial charge in [-0.15, -0.1) is 0 Å². The smallest absolute Gasteiger partial charge is 0.123 e. The Morgan fingerprint density at radius 3 is 2.67 bits per heavy atom. The highest BCUT2D eigenvalue weighted by atomic mass is 127. The highest BCUT2D eigenvalue weighted by Crippen LogP contribution is 2.26. The first-order valence-corrected chi connectivity index (χ1v) is 6.99. The zero-order valence-electron chi connectivity index (χ0n) is 9.75. The molecule has 0 aromatic heterocycles. The minimum Gasteiger partial charge on any atom is -0.378 e. The van der Waals surface area contributed by atoms with E-state index in [0.29, 0.717) is 5.02 Å². The van der Waals surface area contributed by atoms with Crippen molar-refractivity contribution >= 4 is 39.9 Å². The summed E-state index contributed by atoms with van der Waals surface area (Å²) in [6.45, 7) is 2.00. The summed E-state index contributed by atoms with van der Waals surface area (Å²) in [5.41, 5.74) is 1.91. The normalized spacial score (nSPS) is 12.2. The van der Waals surface area contributed by atoms with Gasteiger partial charge in [0.15, 0.2) is 0 Å². The third kappa shape index (κ3) is 3.36. The van der Waals surface area contributed by atoms with Crippen molar-refractivity contribution in [3.8, 4) is 0 Å². The van der Waals surface area contributed by atoms with Crippen molar-refractivity contribution in [3.63, 3.8) is 0 Å². The van der Waals surface area contributed by atoms with Crippen LogP contribution in [0.4, 0.5) is 10.1 Å². The van der Waals surface area contributed by atoms with Crippen LogP contribution in [0.25, 0.3) is 0 Å². The molecule has 0 amide bonds. The summed E-state index contributed by atoms with van der Waals surface area (Å²) in [5.74, 6) is -0.216. The summed E-state index contributed by atoms with van der Waals surface area (Å²) < 4.78 is 14.2. The summed E-state index contributed by atoms with van der Waals surface area (Å²) in [4.78, 5) is 0. The molecule has 1 atom stereocenters. The summed E-state index contributed by atoms with van der Waals surface area (Å²) in [6, 6.07) is 12.3. The summed E-state index contributed by atoms with van der Waals surface area (Å²) in [6.07, 6.45) is 0. The number of nitrogens with one attached hydrogen (secondary N) is 1. The predicted octanol–water partition coefficient (Wildman–Crippen LogP) is 5.26. The molecular formula is C14H12ClFIN. The lowest BCUT2D eigenvalue weighted by Gasteiger charge is -2.17. The largest absolute Gasteiger partial charge is 0.378 e. The van der Waals surface area contributed by atoms with Crippen molar-refractivity contribution in [1.82, 2.24) is 0 Å². The molecule has 1 unspecified atom stereocenters. The maximum absolute atomic E-state index is 13.2. The number of hydrogen-bond acceptors (Lipinski definition) is 1. The van der Waals surface area contributed by atoms with Crippen LogP contribution in [0.3, 0.4) is 0 Å². The monoisotopic (exact) mass is 375 g/mol. The van der Waals surface area contributed by atoms with Gasteiger partial charge in [-0.1, -0.05) is 23.7 Å². The van der Waals surface area contributed by atoms with Gasteiger partial charge in [-0.3, -0.25) is 0 Å². The van der Waals surface area contributed by atoms with E-state index in [2.05, 4.69) is 27.9 Å². The van der Waals surface area contributed by atoms with Gasteiger partial charge in [0.1, 0.15) is 5.82 Å². The van der Waals surface area contributed by atoms with Gasteiger partial charge in [0.05, 0.1) is 0 Å². The van der Waals surface area contributed by atoms with Crippen molar-refractivity contribution < 1.29 is 4.39 Å². The molecule has 0 saturated heterocycles. The molecule has 0 saturated carbocycles. The molecule has 0 spiro atoms. The zero-order chi connectivity index (χ0) is 13.1. The summed E-state index contributed by atoms with van der Waals surface area (Å²) >= 11 is 8.13. The van der Waals surface area contributed by atoms with Gasteiger partial charge in [-0.25, -0.2) is 4.39 Å². The first kappa shape index (κ1) is 13.6. The first-order chi connectivity index (χ1) is 8.56. The van der Waals surface area contributed by atoms with Crippen molar-refractivity contribution in [2.75, 3.05) is 5.32 Å². The third-order valence-corrected chi connectivity index (χ3v) is 3.78. The van der Waals surface area contributed by atoms with Crippen LogP contribution in [-0.4, -0.2) is 0 Å². The van der Waals surface area contributed by atoms with Crippen LogP contribution in [0.2, 0.25) is 5.02 Å². The number of anilines is 1. The molecule has 4 heteroatoms. The van der Waals surface area contributed by atoms with Crippen molar-refractivity contribution in [2.24, 2.45) is 0 Å². The van der Waals surface area contributed by atoms with E-state index in [4.69, 9.17) is 11.6 Å². The van der Waals surface area contributed by atoms with Crippen LogP contribution in [0, 0.1) is 9.39 Å². The number of hydrogen-bond donors (Lipinski definition) is 1. The molecule has 0 fully saturated rings. The molecule has 0 radical (unpaired) electrons. The van der Waals surface area contributed by atoms with E-state index in [-0.39, 0.29) is 11.9 Å². The molecule has 2 aromatic carbocycles. The van der Waals surface area contributed by atoms with Crippen molar-refractivity contribution in [2.45, 2.75) is 13.0 Å². The van der Waals surface area contributed by atoms with E-state index in [1.165, 1.54) is 6.07 Å². The van der Waals surface area contributed by atoms with E-state index >= 15 is 0 Å². The molecule has 1 N–H and O–H groups in total. The van der Waals surface area contributed by atoms with Crippen LogP contribution >= 0.6 is 34.2 Å². The van der Waals surface area contributed by atoms with Crippen LogP contribution in [0.5, 0.6) is 0 Å². The van der Waals surface area contributed by atoms with Gasteiger partial charge < -0.3 is 5.32 Å². The Kier molecular flexibility index (Phi) is 4.45. The Balaban J connectivity index is 2.18. The number of benzene rings is 2. The first-order valence-electron chi connectivity index (χ1n) is 5.53. The standard InChI is InChI=1S/C14H12ClFIN/c1-9(10-3-2-4-12(16)7-10)18-14-6-5-11(15)8-13(14)17/h2-9,18H,1H3. The SMILES string of the molecule is CC(Nc1ccc(Cl)cc1I)c1cccc(F)c1. The second kappa shape index (κ2) is 5.89. The second-order valence-electron chi connectivity index (χ2n) is 4.05. The quantitative estimate of drug-likeness (QED) is 0.722. The molecule has 0 aliphatic carbocycles. The maximum Gasteiger partial charge on any atom is 0.123 e. The second-order valence-corrected chi connectivity index (χ2v) is 5.64. The Morgan fingerprint density at radius 1 is 1.22 bits per heavy atom. The Bertz CT molecular complexity index is 559. The van der Waals surface area contributed by atoms with Crippen LogP contribution in [0.1, 0.15) is 18.5 Å². The molecule has 0 bridgehead atoms. The Morgan fingerprint density at radius 2 is 2.00 bits per heavy atom. The topological polar surface area (TPSA) is 12.0 Å². The minimum absolute atomic E-state index is 0.0374. The van der Waals surface area contributed by atoms with Crippen LogP contribution in [0.15, 0.2) is 42.5 Å². The molecule has 1 nitrogen and oxygen atoms in total. The van der Waals surface area contributed by atoms with Crippen molar-refractivity contribution in [3.05, 3.63) is 62.4 Å². The predicted molar refractivity (Wildman–Crippen MR) is 82.6 cm³/mol. The van der Waals surface area contributed by atoms with Gasteiger partial charge in [0.25, 0.3) is 0 Å². The molecule has 0 aliphatic rings. The lowest BCUT2D eigenvalue weighted by Crippen LogP contribution is -2.07. The van der Waals surface area contributed by atoms with Gasteiger partial charge >= 0.3 is 0 Å². The Labute approximate surface area is 124 Å². The number of halogens is 3. The summed E-state index contributed by atoms with van der Waals surface area (Å²) in [7, 11) is 0. The molecular weight excluding hydrogens is 364 g/mol. The van der Waals surface area contributed by atoms with Gasteiger partial charge in [-0.2, -0.15) is 0 Å². The zero-order valence-corrected chi connectivity index (χ0v) is 12.7. The highest BCUT2D eigenvalue weighted by molar-refractivity contribution is 14.1. The average molecular weight is 376 g/mol. The van der Waals surface area contributed by atoms with E-state index in [1.807, 2.05) is 31.2 Å². The number of rotatable bonds is 3. The minimum atomic E-state index is -0.216. The molecule has 18 heavy (non-hydrogen) atoms. The molecule has 2 rings (SSSR count). The maximum atomic E-state index is 13.2. The summed E-state index contributed by atoms with van der Waals surface area (Å²) in [5, 5.41) is 4.06. The van der Waals surface area contributed by atoms with Gasteiger partial charge in [-0.05, 0) is 65.4 Å². The van der Waals surface area contributed by atoms with E-state index < -0.39 is 0 Å². The van der Waals surface area contributed by atoms with Gasteiger partial charge in [0, 0.05) is 20.3 Å². The molecule has 0 heterocycles. The lowest BCUT2D eigenvalue weighted by molar-refractivity contribution is 0.623. The molecule has 2 aromatic rings. The van der Waals surface area contributed by atoms with Gasteiger partial charge in [0.2, 0.25) is 0 Å². The highest BCUT2D eigenvalue weighted by Gasteiger charge is 2.08. The van der Waals surface area contributed by atoms with E-state index in [9.17, 15) is 4.39 Å².